The Morgan fingerprint density at radius 1 is 1.41 bits per heavy atom. The molecule has 1 aromatic heterocycles. The van der Waals surface area contributed by atoms with E-state index >= 15 is 0 Å². The highest BCUT2D eigenvalue weighted by Crippen LogP contribution is 2.15. The van der Waals surface area contributed by atoms with E-state index in [1.807, 2.05) is 18.4 Å². The van der Waals surface area contributed by atoms with Gasteiger partial charge in [0.05, 0.1) is 0 Å². The third-order valence-corrected chi connectivity index (χ3v) is 3.18. The molecule has 1 aromatic rings. The van der Waals surface area contributed by atoms with Crippen LogP contribution in [-0.2, 0) is 11.3 Å². The molecule has 98 valence electrons. The van der Waals surface area contributed by atoms with E-state index in [2.05, 4.69) is 10.1 Å². The molecule has 0 aliphatic heterocycles. The van der Waals surface area contributed by atoms with Gasteiger partial charge in [-0.2, -0.15) is 13.2 Å². The molecule has 0 bridgehead atoms. The van der Waals surface area contributed by atoms with Gasteiger partial charge in [-0.05, 0) is 36.9 Å². The van der Waals surface area contributed by atoms with Gasteiger partial charge in [-0.3, -0.25) is 0 Å². The largest absolute Gasteiger partial charge is 0.411 e. The van der Waals surface area contributed by atoms with Gasteiger partial charge in [-0.15, -0.1) is 11.3 Å². The van der Waals surface area contributed by atoms with Gasteiger partial charge in [0.15, 0.2) is 0 Å². The Bertz CT molecular complexity index is 325. The lowest BCUT2D eigenvalue weighted by Gasteiger charge is -2.08. The SMILES string of the molecule is Cc1ccsc1CNCCCOCC(F)(F)F. The molecule has 0 saturated carbocycles. The number of halogens is 3. The van der Waals surface area contributed by atoms with Crippen LogP contribution in [0.5, 0.6) is 0 Å². The maximum Gasteiger partial charge on any atom is 0.411 e. The zero-order valence-corrected chi connectivity index (χ0v) is 10.5. The van der Waals surface area contributed by atoms with Crippen molar-refractivity contribution in [1.29, 1.82) is 0 Å². The van der Waals surface area contributed by atoms with E-state index in [0.29, 0.717) is 13.0 Å². The highest BCUT2D eigenvalue weighted by Gasteiger charge is 2.27. The van der Waals surface area contributed by atoms with Crippen LogP contribution in [0.15, 0.2) is 11.4 Å². The molecule has 0 aliphatic rings. The fourth-order valence-electron chi connectivity index (χ4n) is 1.27. The van der Waals surface area contributed by atoms with Crippen LogP contribution in [0.3, 0.4) is 0 Å². The van der Waals surface area contributed by atoms with Crippen LogP contribution >= 0.6 is 11.3 Å². The second-order valence-corrected chi connectivity index (χ2v) is 4.73. The van der Waals surface area contributed by atoms with Crippen LogP contribution in [0, 0.1) is 6.92 Å². The van der Waals surface area contributed by atoms with Crippen molar-refractivity contribution in [3.8, 4) is 0 Å². The summed E-state index contributed by atoms with van der Waals surface area (Å²) in [6, 6.07) is 2.05. The molecule has 6 heteroatoms. The molecule has 2 nitrogen and oxygen atoms in total. The average molecular weight is 267 g/mol. The van der Waals surface area contributed by atoms with Gasteiger partial charge in [0, 0.05) is 18.0 Å². The predicted molar refractivity (Wildman–Crippen MR) is 62.3 cm³/mol. The Labute approximate surface area is 103 Å². The molecule has 0 fully saturated rings. The van der Waals surface area contributed by atoms with Crippen molar-refractivity contribution < 1.29 is 17.9 Å². The summed E-state index contributed by atoms with van der Waals surface area (Å²) in [5.41, 5.74) is 1.25. The molecular weight excluding hydrogens is 251 g/mol. The quantitative estimate of drug-likeness (QED) is 0.766. The molecule has 1 N–H and O–H groups in total. The molecule has 0 aliphatic carbocycles. The number of hydrogen-bond acceptors (Lipinski definition) is 3. The van der Waals surface area contributed by atoms with Crippen LogP contribution in [0.25, 0.3) is 0 Å². The van der Waals surface area contributed by atoms with Gasteiger partial charge < -0.3 is 10.1 Å². The zero-order valence-electron chi connectivity index (χ0n) is 9.64. The highest BCUT2D eigenvalue weighted by atomic mass is 32.1. The summed E-state index contributed by atoms with van der Waals surface area (Å²) in [7, 11) is 0. The molecule has 1 heterocycles. The summed E-state index contributed by atoms with van der Waals surface area (Å²) in [6.07, 6.45) is -3.64. The van der Waals surface area contributed by atoms with Crippen molar-refractivity contribution in [1.82, 2.24) is 5.32 Å². The number of rotatable bonds is 7. The Morgan fingerprint density at radius 2 is 2.18 bits per heavy atom. The lowest BCUT2D eigenvalue weighted by Crippen LogP contribution is -2.20. The van der Waals surface area contributed by atoms with Gasteiger partial charge in [0.25, 0.3) is 0 Å². The second-order valence-electron chi connectivity index (χ2n) is 3.72. The molecule has 0 spiro atoms. The van der Waals surface area contributed by atoms with Crippen LogP contribution in [0.2, 0.25) is 0 Å². The first kappa shape index (κ1) is 14.5. The van der Waals surface area contributed by atoms with Crippen molar-refractivity contribution in [2.75, 3.05) is 19.8 Å². The number of nitrogens with one attached hydrogen (secondary N) is 1. The van der Waals surface area contributed by atoms with Gasteiger partial charge in [0.1, 0.15) is 6.61 Å². The van der Waals surface area contributed by atoms with E-state index in [0.717, 1.165) is 6.54 Å². The minimum absolute atomic E-state index is 0.135. The lowest BCUT2D eigenvalue weighted by atomic mass is 10.3. The van der Waals surface area contributed by atoms with E-state index in [-0.39, 0.29) is 6.61 Å². The third kappa shape index (κ3) is 6.65. The number of hydrogen-bond donors (Lipinski definition) is 1. The third-order valence-electron chi connectivity index (χ3n) is 2.16. The van der Waals surface area contributed by atoms with Gasteiger partial charge >= 0.3 is 6.18 Å². The van der Waals surface area contributed by atoms with Crippen molar-refractivity contribution in [2.45, 2.75) is 26.1 Å². The Hall–Kier alpha value is -0.590. The molecular formula is C11H16F3NOS. The summed E-state index contributed by atoms with van der Waals surface area (Å²) in [5, 5.41) is 5.20. The van der Waals surface area contributed by atoms with Crippen molar-refractivity contribution in [2.24, 2.45) is 0 Å². The molecule has 17 heavy (non-hydrogen) atoms. The Balaban J connectivity index is 1.97. The second kappa shape index (κ2) is 6.98. The van der Waals surface area contributed by atoms with E-state index in [1.54, 1.807) is 11.3 Å². The number of aryl methyl sites for hydroxylation is 1. The van der Waals surface area contributed by atoms with Crippen LogP contribution in [-0.4, -0.2) is 25.9 Å². The van der Waals surface area contributed by atoms with E-state index < -0.39 is 12.8 Å². The van der Waals surface area contributed by atoms with Crippen molar-refractivity contribution >= 4 is 11.3 Å². The standard InChI is InChI=1S/C11H16F3NOS/c1-9-3-6-17-10(9)7-15-4-2-5-16-8-11(12,13)14/h3,6,15H,2,4-5,7-8H2,1H3. The monoisotopic (exact) mass is 267 g/mol. The predicted octanol–water partition coefficient (Wildman–Crippen LogP) is 3.12. The summed E-state index contributed by atoms with van der Waals surface area (Å²) < 4.78 is 39.7. The van der Waals surface area contributed by atoms with E-state index in [1.165, 1.54) is 10.4 Å². The molecule has 0 aromatic carbocycles. The van der Waals surface area contributed by atoms with E-state index in [9.17, 15) is 13.2 Å². The first-order chi connectivity index (χ1) is 7.99. The summed E-state index contributed by atoms with van der Waals surface area (Å²) in [4.78, 5) is 1.27. The summed E-state index contributed by atoms with van der Waals surface area (Å²) >= 11 is 1.68. The van der Waals surface area contributed by atoms with Crippen molar-refractivity contribution in [3.05, 3.63) is 21.9 Å². The molecule has 0 saturated heterocycles. The minimum Gasteiger partial charge on any atom is -0.372 e. The molecule has 0 amide bonds. The van der Waals surface area contributed by atoms with Gasteiger partial charge in [-0.25, -0.2) is 0 Å². The fourth-order valence-corrected chi connectivity index (χ4v) is 2.15. The molecule has 0 unspecified atom stereocenters. The number of alkyl halides is 3. The minimum atomic E-state index is -4.22. The van der Waals surface area contributed by atoms with Crippen molar-refractivity contribution in [3.63, 3.8) is 0 Å². The first-order valence-electron chi connectivity index (χ1n) is 5.37. The first-order valence-corrected chi connectivity index (χ1v) is 6.25. The van der Waals surface area contributed by atoms with Crippen LogP contribution < -0.4 is 5.32 Å². The lowest BCUT2D eigenvalue weighted by molar-refractivity contribution is -0.173. The fraction of sp³-hybridized carbons (Fsp3) is 0.636. The van der Waals surface area contributed by atoms with Gasteiger partial charge in [-0.1, -0.05) is 0 Å². The van der Waals surface area contributed by atoms with Crippen LogP contribution in [0.1, 0.15) is 16.9 Å². The summed E-state index contributed by atoms with van der Waals surface area (Å²) in [6.45, 7) is 2.45. The van der Waals surface area contributed by atoms with Crippen LogP contribution in [0.4, 0.5) is 13.2 Å². The molecule has 0 atom stereocenters. The maximum atomic E-state index is 11.7. The normalized spacial score (nSPS) is 12.0. The molecule has 0 radical (unpaired) electrons. The Kier molecular flexibility index (Phi) is 5.94. The zero-order chi connectivity index (χ0) is 12.7. The number of thiophene rings is 1. The maximum absolute atomic E-state index is 11.7. The highest BCUT2D eigenvalue weighted by molar-refractivity contribution is 7.10. The topological polar surface area (TPSA) is 21.3 Å². The summed E-state index contributed by atoms with van der Waals surface area (Å²) in [5.74, 6) is 0. The Morgan fingerprint density at radius 3 is 2.76 bits per heavy atom. The van der Waals surface area contributed by atoms with E-state index in [4.69, 9.17) is 0 Å². The molecule has 1 rings (SSSR count). The number of ether oxygens (including phenoxy) is 1. The smallest absolute Gasteiger partial charge is 0.372 e. The average Bonchev–Trinajstić information content (AvgIpc) is 2.61. The van der Waals surface area contributed by atoms with Gasteiger partial charge in [0.2, 0.25) is 0 Å².